The molecule has 1 heterocycles. The van der Waals surface area contributed by atoms with Crippen LogP contribution in [-0.2, 0) is 16.0 Å². The number of esters is 1. The lowest BCUT2D eigenvalue weighted by atomic mass is 10.0. The molecule has 2 aromatic rings. The molecule has 5 heteroatoms. The predicted octanol–water partition coefficient (Wildman–Crippen LogP) is 3.67. The Kier molecular flexibility index (Phi) is 7.42. The van der Waals surface area contributed by atoms with Gasteiger partial charge in [0.15, 0.2) is 0 Å². The highest BCUT2D eigenvalue weighted by atomic mass is 16.5. The summed E-state index contributed by atoms with van der Waals surface area (Å²) in [7, 11) is 1.34. The van der Waals surface area contributed by atoms with Crippen LogP contribution in [0.4, 0.5) is 0 Å². The number of hydrogen-bond donors (Lipinski definition) is 1. The molecule has 0 bridgehead atoms. The first kappa shape index (κ1) is 21.1. The van der Waals surface area contributed by atoms with Crippen LogP contribution >= 0.6 is 0 Å². The normalized spacial score (nSPS) is 16.6. The van der Waals surface area contributed by atoms with Gasteiger partial charge in [0.2, 0.25) is 0 Å². The third-order valence-corrected chi connectivity index (χ3v) is 5.65. The topological polar surface area (TPSA) is 58.6 Å². The number of hydrogen-bond acceptors (Lipinski definition) is 4. The lowest BCUT2D eigenvalue weighted by Crippen LogP contribution is -2.28. The zero-order chi connectivity index (χ0) is 20.6. The van der Waals surface area contributed by atoms with Crippen molar-refractivity contribution in [3.63, 3.8) is 0 Å². The average Bonchev–Trinajstić information content (AvgIpc) is 3.17. The number of ether oxygens (including phenoxy) is 1. The molecule has 1 fully saturated rings. The number of rotatable bonds is 8. The number of methoxy groups -OCH3 is 1. The van der Waals surface area contributed by atoms with Crippen molar-refractivity contribution in [3.8, 4) is 11.1 Å². The second-order valence-electron chi connectivity index (χ2n) is 7.63. The van der Waals surface area contributed by atoms with Gasteiger partial charge in [-0.05, 0) is 61.6 Å². The third kappa shape index (κ3) is 5.91. The minimum atomic E-state index is -0.334. The Balaban J connectivity index is 1.52. The average molecular weight is 395 g/mol. The molecular formula is C24H30N2O3. The molecular weight excluding hydrogens is 364 g/mol. The molecule has 1 amide bonds. The maximum absolute atomic E-state index is 12.1. The summed E-state index contributed by atoms with van der Waals surface area (Å²) in [6.45, 7) is 4.94. The Hall–Kier alpha value is -2.66. The Bertz CT molecular complexity index is 815. The van der Waals surface area contributed by atoms with Gasteiger partial charge in [0.25, 0.3) is 5.91 Å². The smallest absolute Gasteiger partial charge is 0.307 e. The van der Waals surface area contributed by atoms with Gasteiger partial charge >= 0.3 is 5.97 Å². The molecule has 2 aromatic carbocycles. The van der Waals surface area contributed by atoms with Crippen LogP contribution in [0.2, 0.25) is 0 Å². The summed E-state index contributed by atoms with van der Waals surface area (Å²) in [6, 6.07) is 16.9. The molecule has 29 heavy (non-hydrogen) atoms. The highest BCUT2D eigenvalue weighted by molar-refractivity contribution is 5.94. The number of likely N-dealkylation sites (tertiary alicyclic amines) is 1. The van der Waals surface area contributed by atoms with Crippen LogP contribution in [0.25, 0.3) is 11.1 Å². The van der Waals surface area contributed by atoms with Crippen molar-refractivity contribution in [3.05, 3.63) is 59.7 Å². The van der Waals surface area contributed by atoms with Crippen LogP contribution in [0.15, 0.2) is 48.5 Å². The van der Waals surface area contributed by atoms with Crippen molar-refractivity contribution < 1.29 is 14.3 Å². The van der Waals surface area contributed by atoms with E-state index in [-0.39, 0.29) is 24.8 Å². The third-order valence-electron chi connectivity index (χ3n) is 5.65. The number of nitrogens with zero attached hydrogens (tertiary/aromatic N) is 1. The Morgan fingerprint density at radius 3 is 2.31 bits per heavy atom. The van der Waals surface area contributed by atoms with Gasteiger partial charge in [0, 0.05) is 24.7 Å². The van der Waals surface area contributed by atoms with Crippen LogP contribution in [0.1, 0.15) is 42.1 Å². The molecule has 1 atom stereocenters. The van der Waals surface area contributed by atoms with Crippen molar-refractivity contribution in [2.75, 3.05) is 26.7 Å². The zero-order valence-corrected chi connectivity index (χ0v) is 17.3. The summed E-state index contributed by atoms with van der Waals surface area (Å²) >= 11 is 0. The van der Waals surface area contributed by atoms with E-state index in [2.05, 4.69) is 46.1 Å². The molecule has 154 valence electrons. The number of nitrogens with one attached hydrogen (secondary N) is 1. The summed E-state index contributed by atoms with van der Waals surface area (Å²) in [5.41, 5.74) is 4.15. The van der Waals surface area contributed by atoms with Gasteiger partial charge in [-0.2, -0.15) is 0 Å². The highest BCUT2D eigenvalue weighted by Gasteiger charge is 2.19. The summed E-state index contributed by atoms with van der Waals surface area (Å²) < 4.78 is 4.56. The second kappa shape index (κ2) is 10.2. The molecule has 1 unspecified atom stereocenters. The lowest BCUT2D eigenvalue weighted by molar-refractivity contribution is -0.140. The van der Waals surface area contributed by atoms with E-state index in [1.807, 2.05) is 24.3 Å². The number of carbonyl (C=O) groups excluding carboxylic acids is 2. The molecule has 0 radical (unpaired) electrons. The van der Waals surface area contributed by atoms with Crippen molar-refractivity contribution in [1.82, 2.24) is 10.2 Å². The number of amides is 1. The summed E-state index contributed by atoms with van der Waals surface area (Å²) in [6.07, 6.45) is 3.89. The Labute approximate surface area is 173 Å². The van der Waals surface area contributed by atoms with E-state index in [1.165, 1.54) is 32.1 Å². The maximum atomic E-state index is 12.1. The summed E-state index contributed by atoms with van der Waals surface area (Å²) in [5, 5.41) is 2.73. The van der Waals surface area contributed by atoms with E-state index in [1.54, 1.807) is 0 Å². The first-order valence-corrected chi connectivity index (χ1v) is 10.4. The van der Waals surface area contributed by atoms with E-state index in [9.17, 15) is 9.59 Å². The van der Waals surface area contributed by atoms with Crippen molar-refractivity contribution >= 4 is 11.9 Å². The predicted molar refractivity (Wildman–Crippen MR) is 115 cm³/mol. The minimum absolute atomic E-state index is 0.170. The van der Waals surface area contributed by atoms with Crippen LogP contribution in [-0.4, -0.2) is 49.6 Å². The van der Waals surface area contributed by atoms with E-state index in [0.29, 0.717) is 11.6 Å². The molecule has 0 aliphatic carbocycles. The highest BCUT2D eigenvalue weighted by Crippen LogP contribution is 2.22. The van der Waals surface area contributed by atoms with Crippen molar-refractivity contribution in [2.24, 2.45) is 0 Å². The zero-order valence-electron chi connectivity index (χ0n) is 17.3. The van der Waals surface area contributed by atoms with Gasteiger partial charge in [0.1, 0.15) is 0 Å². The van der Waals surface area contributed by atoms with Gasteiger partial charge in [-0.15, -0.1) is 0 Å². The summed E-state index contributed by atoms with van der Waals surface area (Å²) in [5.74, 6) is -0.522. The fourth-order valence-corrected chi connectivity index (χ4v) is 3.76. The largest absolute Gasteiger partial charge is 0.469 e. The number of carbonyl (C=O) groups is 2. The first-order valence-electron chi connectivity index (χ1n) is 10.4. The van der Waals surface area contributed by atoms with Crippen molar-refractivity contribution in [2.45, 2.75) is 38.6 Å². The molecule has 1 N–H and O–H groups in total. The lowest BCUT2D eigenvalue weighted by Gasteiger charge is -2.20. The quantitative estimate of drug-likeness (QED) is 0.694. The molecule has 1 aliphatic rings. The van der Waals surface area contributed by atoms with Gasteiger partial charge in [-0.25, -0.2) is 0 Å². The van der Waals surface area contributed by atoms with Gasteiger partial charge in [-0.3, -0.25) is 9.59 Å². The van der Waals surface area contributed by atoms with Crippen LogP contribution in [0.5, 0.6) is 0 Å². The molecule has 0 saturated carbocycles. The monoisotopic (exact) mass is 394 g/mol. The fourth-order valence-electron chi connectivity index (χ4n) is 3.76. The van der Waals surface area contributed by atoms with Gasteiger partial charge < -0.3 is 15.0 Å². The van der Waals surface area contributed by atoms with Crippen LogP contribution < -0.4 is 5.32 Å². The SMILES string of the molecule is COC(=O)CCNC(=O)c1ccc(-c2ccc(CCN3CCCC3C)cc2)cc1. The fraction of sp³-hybridized carbons (Fsp3) is 0.417. The molecule has 0 spiro atoms. The molecule has 5 nitrogen and oxygen atoms in total. The van der Waals surface area contributed by atoms with E-state index in [0.717, 1.165) is 24.1 Å². The standard InChI is InChI=1S/C24H30N2O3/c1-18-4-3-16-26(18)17-14-19-5-7-20(8-6-19)21-9-11-22(12-10-21)24(28)25-15-13-23(27)29-2/h5-12,18H,3-4,13-17H2,1-2H3,(H,25,28). The van der Waals surface area contributed by atoms with Crippen molar-refractivity contribution in [1.29, 1.82) is 0 Å². The van der Waals surface area contributed by atoms with Gasteiger partial charge in [-0.1, -0.05) is 36.4 Å². The van der Waals surface area contributed by atoms with E-state index in [4.69, 9.17) is 0 Å². The Morgan fingerprint density at radius 1 is 1.07 bits per heavy atom. The molecule has 1 aliphatic heterocycles. The molecule has 3 rings (SSSR count). The van der Waals surface area contributed by atoms with Crippen LogP contribution in [0.3, 0.4) is 0 Å². The first-order chi connectivity index (χ1) is 14.1. The van der Waals surface area contributed by atoms with Crippen LogP contribution in [0, 0.1) is 0 Å². The number of benzene rings is 2. The van der Waals surface area contributed by atoms with E-state index < -0.39 is 0 Å². The maximum Gasteiger partial charge on any atom is 0.307 e. The van der Waals surface area contributed by atoms with Gasteiger partial charge in [0.05, 0.1) is 13.5 Å². The van der Waals surface area contributed by atoms with E-state index >= 15 is 0 Å². The summed E-state index contributed by atoms with van der Waals surface area (Å²) in [4.78, 5) is 25.8. The molecule has 1 saturated heterocycles. The second-order valence-corrected chi connectivity index (χ2v) is 7.63. The minimum Gasteiger partial charge on any atom is -0.469 e. The Morgan fingerprint density at radius 2 is 1.72 bits per heavy atom. The molecule has 0 aromatic heterocycles.